The summed E-state index contributed by atoms with van der Waals surface area (Å²) in [5.41, 5.74) is 2.93. The van der Waals surface area contributed by atoms with Crippen molar-refractivity contribution in [3.05, 3.63) is 35.4 Å². The molecule has 0 N–H and O–H groups in total. The standard InChI is InChI=1S/C17H27Cl/c1-6-13(7-2)16(18)14-9-11-15(12-10-14)17(4,5)8-3/h9-13,16H,6-8H2,1-5H3. The van der Waals surface area contributed by atoms with Crippen LogP contribution in [0.5, 0.6) is 0 Å². The maximum Gasteiger partial charge on any atom is 0.0613 e. The Hall–Kier alpha value is -0.490. The van der Waals surface area contributed by atoms with Gasteiger partial charge < -0.3 is 0 Å². The van der Waals surface area contributed by atoms with E-state index in [-0.39, 0.29) is 10.8 Å². The van der Waals surface area contributed by atoms with Gasteiger partial charge in [-0.05, 0) is 28.9 Å². The predicted molar refractivity (Wildman–Crippen MR) is 82.4 cm³/mol. The summed E-state index contributed by atoms with van der Waals surface area (Å²) in [6, 6.07) is 8.92. The molecule has 102 valence electrons. The van der Waals surface area contributed by atoms with Gasteiger partial charge in [0, 0.05) is 0 Å². The lowest BCUT2D eigenvalue weighted by Crippen LogP contribution is -2.15. The predicted octanol–water partition coefficient (Wildman–Crippen LogP) is 6.09. The van der Waals surface area contributed by atoms with E-state index in [1.807, 2.05) is 0 Å². The first-order chi connectivity index (χ1) is 8.46. The van der Waals surface area contributed by atoms with Crippen molar-refractivity contribution in [1.82, 2.24) is 0 Å². The van der Waals surface area contributed by atoms with Gasteiger partial charge in [0.25, 0.3) is 0 Å². The summed E-state index contributed by atoms with van der Waals surface area (Å²) in [7, 11) is 0. The highest BCUT2D eigenvalue weighted by Crippen LogP contribution is 2.35. The molecule has 0 saturated heterocycles. The van der Waals surface area contributed by atoms with Crippen LogP contribution in [-0.2, 0) is 5.41 Å². The molecule has 1 unspecified atom stereocenters. The molecule has 0 spiro atoms. The maximum absolute atomic E-state index is 6.57. The average molecular weight is 267 g/mol. The Balaban J connectivity index is 2.89. The second-order valence-corrected chi connectivity index (χ2v) is 6.31. The van der Waals surface area contributed by atoms with Crippen molar-refractivity contribution in [3.8, 4) is 0 Å². The molecule has 0 radical (unpaired) electrons. The van der Waals surface area contributed by atoms with E-state index in [0.29, 0.717) is 5.92 Å². The fourth-order valence-corrected chi connectivity index (χ4v) is 2.80. The Kier molecular flexibility index (Phi) is 5.72. The van der Waals surface area contributed by atoms with Crippen LogP contribution in [0.25, 0.3) is 0 Å². The van der Waals surface area contributed by atoms with Gasteiger partial charge in [-0.25, -0.2) is 0 Å². The monoisotopic (exact) mass is 266 g/mol. The molecule has 1 aromatic rings. The quantitative estimate of drug-likeness (QED) is 0.547. The van der Waals surface area contributed by atoms with Gasteiger partial charge in [0.1, 0.15) is 0 Å². The minimum atomic E-state index is 0.152. The summed E-state index contributed by atoms with van der Waals surface area (Å²) in [6.07, 6.45) is 3.45. The lowest BCUT2D eigenvalue weighted by molar-refractivity contribution is 0.475. The largest absolute Gasteiger partial charge is 0.118 e. The summed E-state index contributed by atoms with van der Waals surface area (Å²) in [6.45, 7) is 11.3. The second-order valence-electron chi connectivity index (χ2n) is 5.84. The van der Waals surface area contributed by atoms with E-state index in [0.717, 1.165) is 19.3 Å². The number of hydrogen-bond acceptors (Lipinski definition) is 0. The van der Waals surface area contributed by atoms with Crippen LogP contribution in [0.4, 0.5) is 0 Å². The van der Waals surface area contributed by atoms with Crippen LogP contribution < -0.4 is 0 Å². The van der Waals surface area contributed by atoms with Crippen LogP contribution in [0, 0.1) is 5.92 Å². The lowest BCUT2D eigenvalue weighted by atomic mass is 9.81. The van der Waals surface area contributed by atoms with Crippen molar-refractivity contribution >= 4 is 11.6 Å². The molecule has 0 aliphatic heterocycles. The van der Waals surface area contributed by atoms with E-state index in [2.05, 4.69) is 58.9 Å². The Bertz CT molecular complexity index is 346. The van der Waals surface area contributed by atoms with Crippen LogP contribution in [0.2, 0.25) is 0 Å². The third-order valence-electron chi connectivity index (χ3n) is 4.36. The highest BCUT2D eigenvalue weighted by Gasteiger charge is 2.20. The second kappa shape index (κ2) is 6.61. The van der Waals surface area contributed by atoms with Crippen molar-refractivity contribution in [2.24, 2.45) is 5.92 Å². The molecule has 1 aromatic carbocycles. The van der Waals surface area contributed by atoms with Crippen molar-refractivity contribution in [2.45, 2.75) is 64.7 Å². The zero-order valence-electron chi connectivity index (χ0n) is 12.5. The van der Waals surface area contributed by atoms with Crippen molar-refractivity contribution in [2.75, 3.05) is 0 Å². The molecule has 0 bridgehead atoms. The van der Waals surface area contributed by atoms with Crippen LogP contribution >= 0.6 is 11.6 Å². The number of alkyl halides is 1. The van der Waals surface area contributed by atoms with Gasteiger partial charge in [-0.15, -0.1) is 11.6 Å². The summed E-state index contributed by atoms with van der Waals surface area (Å²) in [4.78, 5) is 0. The summed E-state index contributed by atoms with van der Waals surface area (Å²) >= 11 is 6.57. The first kappa shape index (κ1) is 15.6. The molecule has 0 saturated carbocycles. The van der Waals surface area contributed by atoms with Crippen LogP contribution in [0.15, 0.2) is 24.3 Å². The average Bonchev–Trinajstić information content (AvgIpc) is 2.40. The molecular formula is C17H27Cl. The fourth-order valence-electron chi connectivity index (χ4n) is 2.30. The first-order valence-corrected chi connectivity index (χ1v) is 7.64. The Labute approximate surface area is 118 Å². The Morgan fingerprint density at radius 2 is 1.50 bits per heavy atom. The van der Waals surface area contributed by atoms with E-state index >= 15 is 0 Å². The normalized spacial score (nSPS) is 13.9. The summed E-state index contributed by atoms with van der Waals surface area (Å²) in [5, 5.41) is 0.152. The Morgan fingerprint density at radius 3 is 1.89 bits per heavy atom. The molecule has 18 heavy (non-hydrogen) atoms. The highest BCUT2D eigenvalue weighted by atomic mass is 35.5. The molecule has 1 heteroatoms. The molecule has 1 atom stereocenters. The molecule has 0 amide bonds. The molecule has 0 aromatic heterocycles. The number of halogens is 1. The van der Waals surface area contributed by atoms with E-state index in [1.165, 1.54) is 11.1 Å². The third-order valence-corrected chi connectivity index (χ3v) is 4.97. The fraction of sp³-hybridized carbons (Fsp3) is 0.647. The molecule has 0 aliphatic carbocycles. The van der Waals surface area contributed by atoms with Crippen molar-refractivity contribution in [3.63, 3.8) is 0 Å². The lowest BCUT2D eigenvalue weighted by Gasteiger charge is -2.25. The number of benzene rings is 1. The molecule has 0 heterocycles. The molecule has 0 nitrogen and oxygen atoms in total. The maximum atomic E-state index is 6.57. The van der Waals surface area contributed by atoms with Gasteiger partial charge >= 0.3 is 0 Å². The van der Waals surface area contributed by atoms with Crippen molar-refractivity contribution in [1.29, 1.82) is 0 Å². The first-order valence-electron chi connectivity index (χ1n) is 7.20. The molecule has 1 rings (SSSR count). The van der Waals surface area contributed by atoms with E-state index < -0.39 is 0 Å². The summed E-state index contributed by atoms with van der Waals surface area (Å²) in [5.74, 6) is 0.580. The van der Waals surface area contributed by atoms with Gasteiger partial charge in [0.05, 0.1) is 5.38 Å². The van der Waals surface area contributed by atoms with E-state index in [4.69, 9.17) is 11.6 Å². The minimum Gasteiger partial charge on any atom is -0.118 e. The zero-order valence-corrected chi connectivity index (χ0v) is 13.2. The summed E-state index contributed by atoms with van der Waals surface area (Å²) < 4.78 is 0. The Morgan fingerprint density at radius 1 is 1.00 bits per heavy atom. The number of rotatable bonds is 6. The SMILES string of the molecule is CCC(CC)C(Cl)c1ccc(C(C)(C)CC)cc1. The van der Waals surface area contributed by atoms with Gasteiger partial charge in [-0.2, -0.15) is 0 Å². The topological polar surface area (TPSA) is 0 Å². The molecule has 0 aliphatic rings. The van der Waals surface area contributed by atoms with Gasteiger partial charge in [0.2, 0.25) is 0 Å². The highest BCUT2D eigenvalue weighted by molar-refractivity contribution is 6.21. The van der Waals surface area contributed by atoms with Crippen LogP contribution in [-0.4, -0.2) is 0 Å². The third kappa shape index (κ3) is 3.51. The number of hydrogen-bond donors (Lipinski definition) is 0. The van der Waals surface area contributed by atoms with E-state index in [9.17, 15) is 0 Å². The van der Waals surface area contributed by atoms with Crippen LogP contribution in [0.1, 0.15) is 70.4 Å². The molecular weight excluding hydrogens is 240 g/mol. The molecule has 0 fully saturated rings. The minimum absolute atomic E-state index is 0.152. The van der Waals surface area contributed by atoms with Gasteiger partial charge in [-0.3, -0.25) is 0 Å². The van der Waals surface area contributed by atoms with E-state index in [1.54, 1.807) is 0 Å². The van der Waals surface area contributed by atoms with Crippen LogP contribution in [0.3, 0.4) is 0 Å². The zero-order chi connectivity index (χ0) is 13.8. The van der Waals surface area contributed by atoms with Gasteiger partial charge in [-0.1, -0.05) is 71.7 Å². The smallest absolute Gasteiger partial charge is 0.0613 e. The van der Waals surface area contributed by atoms with Crippen molar-refractivity contribution < 1.29 is 0 Å². The van der Waals surface area contributed by atoms with Gasteiger partial charge in [0.15, 0.2) is 0 Å².